The minimum absolute atomic E-state index is 0.120. The van der Waals surface area contributed by atoms with Crippen LogP contribution in [-0.4, -0.2) is 15.8 Å². The molecule has 0 fully saturated rings. The molecular weight excluding hydrogens is 304 g/mol. The zero-order chi connectivity index (χ0) is 16.3. The van der Waals surface area contributed by atoms with Crippen LogP contribution in [0.4, 0.5) is 5.69 Å². The average molecular weight is 314 g/mol. The Bertz CT molecular complexity index is 830. The Morgan fingerprint density at radius 1 is 1.45 bits per heavy atom. The Labute approximate surface area is 129 Å². The van der Waals surface area contributed by atoms with Gasteiger partial charge >= 0.3 is 5.69 Å². The smallest absolute Gasteiger partial charge is 0.311 e. The normalized spacial score (nSPS) is 11.0. The first kappa shape index (κ1) is 15.4. The number of ketones is 1. The highest BCUT2D eigenvalue weighted by Crippen LogP contribution is 2.28. The summed E-state index contributed by atoms with van der Waals surface area (Å²) in [7, 11) is 0. The van der Waals surface area contributed by atoms with Crippen LogP contribution in [0.5, 0.6) is 5.75 Å². The summed E-state index contributed by atoms with van der Waals surface area (Å²) in [4.78, 5) is 22.8. The number of hydrogen-bond acceptors (Lipinski definition) is 6. The maximum atomic E-state index is 12.3. The molecule has 0 unspecified atom stereocenters. The van der Waals surface area contributed by atoms with Crippen molar-refractivity contribution in [3.8, 4) is 11.8 Å². The van der Waals surface area contributed by atoms with Crippen LogP contribution in [0.2, 0.25) is 0 Å². The highest BCUT2D eigenvalue weighted by molar-refractivity contribution is 7.12. The summed E-state index contributed by atoms with van der Waals surface area (Å²) < 4.78 is 0. The number of phenols is 1. The molecular formula is C15H10N2O4S. The maximum Gasteiger partial charge on any atom is 0.311 e. The van der Waals surface area contributed by atoms with E-state index >= 15 is 0 Å². The van der Waals surface area contributed by atoms with Crippen LogP contribution < -0.4 is 0 Å². The number of hydrogen-bond donors (Lipinski definition) is 1. The van der Waals surface area contributed by atoms with E-state index in [2.05, 4.69) is 0 Å². The van der Waals surface area contributed by atoms with Gasteiger partial charge in [-0.2, -0.15) is 5.26 Å². The summed E-state index contributed by atoms with van der Waals surface area (Å²) >= 11 is 1.23. The Hall–Kier alpha value is -2.98. The predicted molar refractivity (Wildman–Crippen MR) is 81.7 cm³/mol. The van der Waals surface area contributed by atoms with E-state index in [0.717, 1.165) is 17.7 Å². The topological polar surface area (TPSA) is 104 Å². The maximum absolute atomic E-state index is 12.3. The van der Waals surface area contributed by atoms with Gasteiger partial charge < -0.3 is 5.11 Å². The lowest BCUT2D eigenvalue weighted by molar-refractivity contribution is -0.385. The van der Waals surface area contributed by atoms with Gasteiger partial charge in [0.15, 0.2) is 5.75 Å². The number of Topliss-reactive ketones (excluding diaryl/α,β-unsaturated/α-hetero) is 1. The van der Waals surface area contributed by atoms with Gasteiger partial charge in [0.1, 0.15) is 11.6 Å². The Morgan fingerprint density at radius 3 is 2.73 bits per heavy atom. The van der Waals surface area contributed by atoms with E-state index in [0.29, 0.717) is 10.4 Å². The first-order valence-corrected chi connectivity index (χ1v) is 7.00. The van der Waals surface area contributed by atoms with Crippen molar-refractivity contribution in [1.82, 2.24) is 0 Å². The van der Waals surface area contributed by atoms with Gasteiger partial charge in [0, 0.05) is 6.07 Å². The molecule has 0 atom stereocenters. The largest absolute Gasteiger partial charge is 0.502 e. The molecule has 22 heavy (non-hydrogen) atoms. The van der Waals surface area contributed by atoms with Gasteiger partial charge in [-0.3, -0.25) is 14.9 Å². The third-order valence-corrected chi connectivity index (χ3v) is 3.96. The SMILES string of the molecule is Cc1ccsc1C(=O)C(C#N)=Cc1ccc(O)c([N+](=O)[O-])c1. The van der Waals surface area contributed by atoms with Crippen molar-refractivity contribution in [3.05, 3.63) is 61.3 Å². The third-order valence-electron chi connectivity index (χ3n) is 2.94. The van der Waals surface area contributed by atoms with E-state index in [1.54, 1.807) is 18.4 Å². The molecule has 0 amide bonds. The summed E-state index contributed by atoms with van der Waals surface area (Å²) in [6.07, 6.45) is 1.27. The fraction of sp³-hybridized carbons (Fsp3) is 0.0667. The number of nitrogens with zero attached hydrogens (tertiary/aromatic N) is 2. The average Bonchev–Trinajstić information content (AvgIpc) is 2.91. The molecule has 0 bridgehead atoms. The molecule has 0 aliphatic carbocycles. The van der Waals surface area contributed by atoms with Crippen LogP contribution in [0, 0.1) is 28.4 Å². The lowest BCUT2D eigenvalue weighted by Crippen LogP contribution is -2.01. The van der Waals surface area contributed by atoms with E-state index in [1.807, 2.05) is 6.07 Å². The van der Waals surface area contributed by atoms with E-state index in [9.17, 15) is 20.0 Å². The molecule has 2 aromatic rings. The van der Waals surface area contributed by atoms with Crippen molar-refractivity contribution in [2.75, 3.05) is 0 Å². The Morgan fingerprint density at radius 2 is 2.18 bits per heavy atom. The number of phenolic OH excluding ortho intramolecular Hbond substituents is 1. The molecule has 0 aliphatic heterocycles. The Kier molecular flexibility index (Phi) is 4.34. The lowest BCUT2D eigenvalue weighted by Gasteiger charge is -2.00. The van der Waals surface area contributed by atoms with Crippen molar-refractivity contribution in [2.45, 2.75) is 6.92 Å². The van der Waals surface area contributed by atoms with Crippen molar-refractivity contribution in [3.63, 3.8) is 0 Å². The highest BCUT2D eigenvalue weighted by Gasteiger charge is 2.17. The number of rotatable bonds is 4. The first-order valence-electron chi connectivity index (χ1n) is 6.12. The summed E-state index contributed by atoms with van der Waals surface area (Å²) in [5.74, 6) is -0.896. The van der Waals surface area contributed by atoms with Gasteiger partial charge in [0.2, 0.25) is 5.78 Å². The number of nitro benzene ring substituents is 1. The molecule has 0 saturated carbocycles. The number of allylic oxidation sites excluding steroid dienone is 1. The molecule has 1 N–H and O–H groups in total. The number of benzene rings is 1. The Balaban J connectivity index is 2.44. The van der Waals surface area contributed by atoms with Crippen molar-refractivity contribution < 1.29 is 14.8 Å². The van der Waals surface area contributed by atoms with Gasteiger partial charge in [0.05, 0.1) is 9.80 Å². The number of nitro groups is 1. The fourth-order valence-electron chi connectivity index (χ4n) is 1.82. The van der Waals surface area contributed by atoms with E-state index < -0.39 is 22.1 Å². The number of nitriles is 1. The molecule has 2 rings (SSSR count). The van der Waals surface area contributed by atoms with E-state index in [-0.39, 0.29) is 5.57 Å². The molecule has 0 spiro atoms. The molecule has 110 valence electrons. The number of carbonyl (C=O) groups excluding carboxylic acids is 1. The second-order valence-electron chi connectivity index (χ2n) is 4.44. The van der Waals surface area contributed by atoms with Crippen molar-refractivity contribution in [1.29, 1.82) is 5.26 Å². The molecule has 0 radical (unpaired) electrons. The minimum Gasteiger partial charge on any atom is -0.502 e. The van der Waals surface area contributed by atoms with Crippen molar-refractivity contribution >= 4 is 28.9 Å². The summed E-state index contributed by atoms with van der Waals surface area (Å²) in [6, 6.07) is 7.25. The van der Waals surface area contributed by atoms with Crippen LogP contribution in [0.1, 0.15) is 20.8 Å². The van der Waals surface area contributed by atoms with Crippen molar-refractivity contribution in [2.24, 2.45) is 0 Å². The van der Waals surface area contributed by atoms with Crippen LogP contribution in [0.25, 0.3) is 6.08 Å². The zero-order valence-corrected chi connectivity index (χ0v) is 12.3. The fourth-order valence-corrected chi connectivity index (χ4v) is 2.70. The van der Waals surface area contributed by atoms with Gasteiger partial charge in [-0.05, 0) is 41.6 Å². The third kappa shape index (κ3) is 3.02. The molecule has 7 heteroatoms. The molecule has 0 saturated heterocycles. The predicted octanol–water partition coefficient (Wildman–Crippen LogP) is 3.46. The van der Waals surface area contributed by atoms with E-state index in [4.69, 9.17) is 5.26 Å². The molecule has 1 aromatic carbocycles. The lowest BCUT2D eigenvalue weighted by atomic mass is 10.0. The van der Waals surface area contributed by atoms with Gasteiger partial charge in [-0.25, -0.2) is 0 Å². The zero-order valence-electron chi connectivity index (χ0n) is 11.4. The van der Waals surface area contributed by atoms with Gasteiger partial charge in [-0.15, -0.1) is 11.3 Å². The molecule has 6 nitrogen and oxygen atoms in total. The van der Waals surface area contributed by atoms with Gasteiger partial charge in [0.25, 0.3) is 0 Å². The molecule has 1 heterocycles. The number of carbonyl (C=O) groups is 1. The number of aromatic hydroxyl groups is 1. The van der Waals surface area contributed by atoms with E-state index in [1.165, 1.54) is 23.5 Å². The van der Waals surface area contributed by atoms with Crippen LogP contribution in [0.15, 0.2) is 35.2 Å². The molecule has 1 aromatic heterocycles. The highest BCUT2D eigenvalue weighted by atomic mass is 32.1. The van der Waals surface area contributed by atoms with Gasteiger partial charge in [-0.1, -0.05) is 6.07 Å². The second kappa shape index (κ2) is 6.20. The number of aryl methyl sites for hydroxylation is 1. The quantitative estimate of drug-likeness (QED) is 0.306. The van der Waals surface area contributed by atoms with Crippen LogP contribution >= 0.6 is 11.3 Å². The van der Waals surface area contributed by atoms with Crippen LogP contribution in [-0.2, 0) is 0 Å². The minimum atomic E-state index is -0.732. The molecule has 0 aliphatic rings. The summed E-state index contributed by atoms with van der Waals surface area (Å²) in [5, 5.41) is 31.1. The summed E-state index contributed by atoms with van der Waals surface area (Å²) in [5.41, 5.74) is 0.466. The first-order chi connectivity index (χ1) is 10.4. The second-order valence-corrected chi connectivity index (χ2v) is 5.35. The summed E-state index contributed by atoms with van der Waals surface area (Å²) in [6.45, 7) is 1.77. The van der Waals surface area contributed by atoms with Crippen LogP contribution in [0.3, 0.4) is 0 Å². The standard InChI is InChI=1S/C15H10N2O4S/c1-9-4-5-22-15(9)14(19)11(8-16)6-10-2-3-13(18)12(7-10)17(20)21/h2-7,18H,1H3. The monoisotopic (exact) mass is 314 g/mol. The number of thiophene rings is 1.